The molecule has 0 saturated carbocycles. The minimum absolute atomic E-state index is 0.376. The number of hydrogen-bond acceptors (Lipinski definition) is 4. The fourth-order valence-electron chi connectivity index (χ4n) is 1.82. The normalized spacial score (nSPS) is 20.6. The smallest absolute Gasteiger partial charge is 0.240 e. The zero-order valence-electron chi connectivity index (χ0n) is 8.06. The molecule has 1 saturated heterocycles. The molecule has 2 rings (SSSR count). The van der Waals surface area contributed by atoms with Crippen molar-refractivity contribution in [3.63, 3.8) is 0 Å². The van der Waals surface area contributed by atoms with Gasteiger partial charge in [0.1, 0.15) is 18.2 Å². The Balaban J connectivity index is 2.26. The second-order valence-corrected chi connectivity index (χ2v) is 3.45. The van der Waals surface area contributed by atoms with Crippen molar-refractivity contribution in [3.8, 4) is 0 Å². The first-order chi connectivity index (χ1) is 7.18. The topological polar surface area (TPSA) is 72.1 Å². The van der Waals surface area contributed by atoms with Crippen LogP contribution < -0.4 is 10.6 Å². The number of hydrogen-bond donors (Lipinski definition) is 1. The first-order valence-electron chi connectivity index (χ1n) is 4.72. The monoisotopic (exact) mass is 210 g/mol. The van der Waals surface area contributed by atoms with Gasteiger partial charge in [-0.1, -0.05) is 0 Å². The molecule has 0 bridgehead atoms. The third-order valence-electron chi connectivity index (χ3n) is 2.49. The van der Waals surface area contributed by atoms with Crippen LogP contribution in [0.2, 0.25) is 0 Å². The largest absolute Gasteiger partial charge is 0.368 e. The number of nitrogens with zero attached hydrogens (tertiary/aromatic N) is 3. The standard InChI is InChI=1S/C9H11FN4O/c10-7-4-8(13-5-12-7)14-3-1-2-6(14)9(11)15/h4-6H,1-3H2,(H2,11,15). The van der Waals surface area contributed by atoms with Crippen LogP contribution in [0.25, 0.3) is 0 Å². The average Bonchev–Trinajstić information content (AvgIpc) is 2.65. The van der Waals surface area contributed by atoms with E-state index in [4.69, 9.17) is 5.73 Å². The highest BCUT2D eigenvalue weighted by Gasteiger charge is 2.30. The minimum atomic E-state index is -0.602. The van der Waals surface area contributed by atoms with Gasteiger partial charge >= 0.3 is 0 Å². The van der Waals surface area contributed by atoms with Gasteiger partial charge in [-0.15, -0.1) is 0 Å². The lowest BCUT2D eigenvalue weighted by atomic mass is 10.2. The van der Waals surface area contributed by atoms with Gasteiger partial charge in [0.05, 0.1) is 0 Å². The molecule has 1 aliphatic heterocycles. The van der Waals surface area contributed by atoms with E-state index in [1.54, 1.807) is 4.90 Å². The summed E-state index contributed by atoms with van der Waals surface area (Å²) in [6.45, 7) is 0.671. The number of anilines is 1. The molecule has 1 aromatic rings. The van der Waals surface area contributed by atoms with E-state index in [0.717, 1.165) is 12.7 Å². The Labute approximate surface area is 86.1 Å². The fraction of sp³-hybridized carbons (Fsp3) is 0.444. The number of primary amides is 1. The number of rotatable bonds is 2. The van der Waals surface area contributed by atoms with Crippen LogP contribution in [0.5, 0.6) is 0 Å². The van der Waals surface area contributed by atoms with E-state index < -0.39 is 11.9 Å². The molecular formula is C9H11FN4O. The summed E-state index contributed by atoms with van der Waals surface area (Å²) in [5.74, 6) is -0.578. The van der Waals surface area contributed by atoms with Crippen LogP contribution in [0.4, 0.5) is 10.2 Å². The second-order valence-electron chi connectivity index (χ2n) is 3.45. The van der Waals surface area contributed by atoms with Crippen molar-refractivity contribution in [2.75, 3.05) is 11.4 Å². The predicted octanol–water partition coefficient (Wildman–Crippen LogP) is 0.0698. The molecule has 0 spiro atoms. The number of carbonyl (C=O) groups is 1. The summed E-state index contributed by atoms with van der Waals surface area (Å²) < 4.78 is 12.9. The zero-order chi connectivity index (χ0) is 10.8. The summed E-state index contributed by atoms with van der Waals surface area (Å²) in [6, 6.07) is 0.834. The Morgan fingerprint density at radius 1 is 1.60 bits per heavy atom. The van der Waals surface area contributed by atoms with Crippen LogP contribution in [0.15, 0.2) is 12.4 Å². The second kappa shape index (κ2) is 3.80. The number of carbonyl (C=O) groups excluding carboxylic acids is 1. The van der Waals surface area contributed by atoms with Crippen molar-refractivity contribution in [3.05, 3.63) is 18.3 Å². The van der Waals surface area contributed by atoms with Gasteiger partial charge in [0.25, 0.3) is 0 Å². The molecule has 0 radical (unpaired) electrons. The number of nitrogens with two attached hydrogens (primary N) is 1. The molecule has 1 aromatic heterocycles. The molecule has 1 amide bonds. The van der Waals surface area contributed by atoms with E-state index >= 15 is 0 Å². The number of halogens is 1. The minimum Gasteiger partial charge on any atom is -0.368 e. The fourth-order valence-corrected chi connectivity index (χ4v) is 1.82. The quantitative estimate of drug-likeness (QED) is 0.701. The molecule has 6 heteroatoms. The molecule has 1 aliphatic rings. The Hall–Kier alpha value is -1.72. The maximum Gasteiger partial charge on any atom is 0.240 e. The van der Waals surface area contributed by atoms with Gasteiger partial charge in [0.2, 0.25) is 11.9 Å². The predicted molar refractivity (Wildman–Crippen MR) is 51.6 cm³/mol. The maximum atomic E-state index is 12.9. The molecule has 2 heterocycles. The molecular weight excluding hydrogens is 199 g/mol. The third-order valence-corrected chi connectivity index (χ3v) is 2.49. The summed E-state index contributed by atoms with van der Waals surface area (Å²) >= 11 is 0. The van der Waals surface area contributed by atoms with E-state index in [0.29, 0.717) is 18.8 Å². The van der Waals surface area contributed by atoms with Crippen LogP contribution in [0, 0.1) is 5.95 Å². The summed E-state index contributed by atoms with van der Waals surface area (Å²) in [6.07, 6.45) is 2.70. The van der Waals surface area contributed by atoms with Crippen molar-refractivity contribution in [2.45, 2.75) is 18.9 Å². The molecule has 1 atom stereocenters. The first kappa shape index (κ1) is 9.82. The van der Waals surface area contributed by atoms with E-state index in [-0.39, 0.29) is 6.04 Å². The van der Waals surface area contributed by atoms with E-state index in [1.807, 2.05) is 0 Å². The van der Waals surface area contributed by atoms with Gasteiger partial charge in [-0.25, -0.2) is 9.97 Å². The molecule has 80 valence electrons. The Kier molecular flexibility index (Phi) is 2.49. The number of aromatic nitrogens is 2. The zero-order valence-corrected chi connectivity index (χ0v) is 8.06. The number of amides is 1. The molecule has 15 heavy (non-hydrogen) atoms. The summed E-state index contributed by atoms with van der Waals surface area (Å²) in [5.41, 5.74) is 5.25. The van der Waals surface area contributed by atoms with E-state index in [9.17, 15) is 9.18 Å². The van der Waals surface area contributed by atoms with Crippen LogP contribution in [-0.4, -0.2) is 28.5 Å². The molecule has 2 N–H and O–H groups in total. The van der Waals surface area contributed by atoms with Gasteiger partial charge in [-0.3, -0.25) is 4.79 Å². The molecule has 5 nitrogen and oxygen atoms in total. The molecule has 1 fully saturated rings. The van der Waals surface area contributed by atoms with Crippen molar-refractivity contribution >= 4 is 11.7 Å². The highest BCUT2D eigenvalue weighted by Crippen LogP contribution is 2.23. The summed E-state index contributed by atoms with van der Waals surface area (Å²) in [4.78, 5) is 20.1. The molecule has 0 aromatic carbocycles. The van der Waals surface area contributed by atoms with Crippen molar-refractivity contribution in [1.82, 2.24) is 9.97 Å². The Morgan fingerprint density at radius 2 is 2.40 bits per heavy atom. The average molecular weight is 210 g/mol. The maximum absolute atomic E-state index is 12.9. The van der Waals surface area contributed by atoms with Crippen LogP contribution in [0.3, 0.4) is 0 Å². The van der Waals surface area contributed by atoms with Crippen LogP contribution in [-0.2, 0) is 4.79 Å². The first-order valence-corrected chi connectivity index (χ1v) is 4.72. The summed E-state index contributed by atoms with van der Waals surface area (Å²) in [5, 5.41) is 0. The van der Waals surface area contributed by atoms with Crippen LogP contribution in [0.1, 0.15) is 12.8 Å². The SMILES string of the molecule is NC(=O)C1CCCN1c1cc(F)ncn1. The van der Waals surface area contributed by atoms with Gasteiger partial charge in [-0.2, -0.15) is 4.39 Å². The van der Waals surface area contributed by atoms with E-state index in [1.165, 1.54) is 6.07 Å². The molecule has 0 aliphatic carbocycles. The Morgan fingerprint density at radius 3 is 3.07 bits per heavy atom. The highest BCUT2D eigenvalue weighted by molar-refractivity contribution is 5.83. The van der Waals surface area contributed by atoms with Crippen molar-refractivity contribution in [2.24, 2.45) is 5.73 Å². The van der Waals surface area contributed by atoms with E-state index in [2.05, 4.69) is 9.97 Å². The lowest BCUT2D eigenvalue weighted by molar-refractivity contribution is -0.119. The lowest BCUT2D eigenvalue weighted by Crippen LogP contribution is -2.40. The van der Waals surface area contributed by atoms with Crippen LogP contribution >= 0.6 is 0 Å². The van der Waals surface area contributed by atoms with Crippen molar-refractivity contribution < 1.29 is 9.18 Å². The third kappa shape index (κ3) is 1.88. The Bertz CT molecular complexity index is 384. The van der Waals surface area contributed by atoms with Gasteiger partial charge in [0.15, 0.2) is 0 Å². The lowest BCUT2D eigenvalue weighted by Gasteiger charge is -2.22. The van der Waals surface area contributed by atoms with Gasteiger partial charge in [0, 0.05) is 12.6 Å². The highest BCUT2D eigenvalue weighted by atomic mass is 19.1. The molecule has 1 unspecified atom stereocenters. The van der Waals surface area contributed by atoms with Gasteiger partial charge in [-0.05, 0) is 12.8 Å². The van der Waals surface area contributed by atoms with Crippen molar-refractivity contribution in [1.29, 1.82) is 0 Å². The van der Waals surface area contributed by atoms with Gasteiger partial charge < -0.3 is 10.6 Å². The summed E-state index contributed by atoms with van der Waals surface area (Å²) in [7, 11) is 0.